The number of carboxylic acid groups (broad SMARTS) is 1. The molecule has 21 heavy (non-hydrogen) atoms. The molecule has 0 saturated heterocycles. The van der Waals surface area contributed by atoms with E-state index in [0.29, 0.717) is 38.5 Å². The summed E-state index contributed by atoms with van der Waals surface area (Å²) in [6, 6.07) is 0. The summed E-state index contributed by atoms with van der Waals surface area (Å²) in [5.74, 6) is -5.64. The highest BCUT2D eigenvalue weighted by atomic mass is 19.3. The van der Waals surface area contributed by atoms with Crippen molar-refractivity contribution in [1.29, 1.82) is 0 Å². The van der Waals surface area contributed by atoms with E-state index in [1.165, 1.54) is 0 Å². The Morgan fingerprint density at radius 3 is 2.14 bits per heavy atom. The van der Waals surface area contributed by atoms with Gasteiger partial charge in [0.25, 0.3) is 5.92 Å². The third-order valence-corrected chi connectivity index (χ3v) is 5.75. The van der Waals surface area contributed by atoms with Gasteiger partial charge < -0.3 is 15.1 Å². The lowest BCUT2D eigenvalue weighted by atomic mass is 9.50. The normalized spacial score (nSPS) is 42.6. The number of fused-ring (bicyclic) bond motifs is 3. The van der Waals surface area contributed by atoms with E-state index in [1.807, 2.05) is 0 Å². The average Bonchev–Trinajstić information content (AvgIpc) is 2.85. The van der Waals surface area contributed by atoms with E-state index in [0.717, 1.165) is 6.92 Å². The molecule has 1 atom stereocenters. The molecule has 0 aromatic rings. The fourth-order valence-corrected chi connectivity index (χ4v) is 4.03. The highest BCUT2D eigenvalue weighted by molar-refractivity contribution is 5.92. The van der Waals surface area contributed by atoms with Crippen LogP contribution in [0, 0.1) is 10.8 Å². The van der Waals surface area contributed by atoms with E-state index >= 15 is 0 Å². The van der Waals surface area contributed by atoms with Gasteiger partial charge in [-0.2, -0.15) is 0 Å². The summed E-state index contributed by atoms with van der Waals surface area (Å²) in [5.41, 5.74) is -1.82. The lowest BCUT2D eigenvalue weighted by Crippen LogP contribution is -2.57. The number of hydrogen-bond donors (Lipinski definition) is 2. The third kappa shape index (κ3) is 1.97. The van der Waals surface area contributed by atoms with E-state index in [2.05, 4.69) is 5.16 Å². The summed E-state index contributed by atoms with van der Waals surface area (Å²) < 4.78 is 26.7. The summed E-state index contributed by atoms with van der Waals surface area (Å²) in [5, 5.41) is 23.5. The van der Waals surface area contributed by atoms with Gasteiger partial charge in [-0.15, -0.1) is 0 Å². The highest BCUT2D eigenvalue weighted by Gasteiger charge is 2.64. The van der Waals surface area contributed by atoms with Gasteiger partial charge in [-0.05, 0) is 38.5 Å². The summed E-state index contributed by atoms with van der Waals surface area (Å²) in [6.45, 7) is 0.732. The first-order chi connectivity index (χ1) is 9.63. The molecule has 0 aromatic carbocycles. The molecule has 1 heterocycles. The second-order valence-corrected chi connectivity index (χ2v) is 6.84. The Hall–Kier alpha value is -1.24. The minimum Gasteiger partial charge on any atom is -0.481 e. The van der Waals surface area contributed by atoms with Crippen LogP contribution in [-0.4, -0.2) is 33.6 Å². The van der Waals surface area contributed by atoms with Crippen molar-refractivity contribution in [2.75, 3.05) is 0 Å². The Bertz CT molecular complexity index is 489. The number of aliphatic hydroxyl groups is 1. The van der Waals surface area contributed by atoms with Crippen molar-refractivity contribution in [3.05, 3.63) is 0 Å². The van der Waals surface area contributed by atoms with Gasteiger partial charge in [0.1, 0.15) is 5.71 Å². The summed E-state index contributed by atoms with van der Waals surface area (Å²) >= 11 is 0. The average molecular weight is 303 g/mol. The molecule has 1 aliphatic heterocycles. The number of carbonyl (C=O) groups is 1. The van der Waals surface area contributed by atoms with Gasteiger partial charge in [0.05, 0.1) is 11.8 Å². The van der Waals surface area contributed by atoms with E-state index in [1.54, 1.807) is 0 Å². The predicted octanol–water partition coefficient (Wildman–Crippen LogP) is 2.53. The van der Waals surface area contributed by atoms with Crippen molar-refractivity contribution in [3.63, 3.8) is 0 Å². The van der Waals surface area contributed by atoms with Crippen molar-refractivity contribution in [2.45, 2.75) is 63.6 Å². The zero-order chi connectivity index (χ0) is 15.5. The Morgan fingerprint density at radius 2 is 1.76 bits per heavy atom. The molecule has 0 amide bonds. The minimum absolute atomic E-state index is 0.309. The predicted molar refractivity (Wildman–Crippen MR) is 68.9 cm³/mol. The Labute approximate surface area is 121 Å². The molecular formula is C14H19F2NO4. The fourth-order valence-electron chi connectivity index (χ4n) is 4.03. The second kappa shape index (κ2) is 4.15. The minimum atomic E-state index is -3.12. The van der Waals surface area contributed by atoms with Gasteiger partial charge >= 0.3 is 5.97 Å². The molecule has 118 valence electrons. The van der Waals surface area contributed by atoms with Crippen molar-refractivity contribution in [1.82, 2.24) is 0 Å². The number of halogens is 2. The molecule has 3 fully saturated rings. The summed E-state index contributed by atoms with van der Waals surface area (Å²) in [6.07, 6.45) is 2.44. The molecule has 2 bridgehead atoms. The van der Waals surface area contributed by atoms with E-state index in [4.69, 9.17) is 4.84 Å². The zero-order valence-corrected chi connectivity index (χ0v) is 11.9. The quantitative estimate of drug-likeness (QED) is 0.839. The first-order valence-electron chi connectivity index (χ1n) is 7.22. The number of nitrogens with zero attached hydrogens (tertiary/aromatic N) is 1. The maximum absolute atomic E-state index is 13.3. The van der Waals surface area contributed by atoms with Gasteiger partial charge in [0.2, 0.25) is 5.79 Å². The number of oxime groups is 1. The Kier molecular flexibility index (Phi) is 2.90. The Balaban J connectivity index is 1.80. The van der Waals surface area contributed by atoms with Gasteiger partial charge in [-0.25, -0.2) is 8.78 Å². The number of aliphatic carboxylic acids is 1. The fraction of sp³-hybridized carbons (Fsp3) is 0.857. The highest BCUT2D eigenvalue weighted by Crippen LogP contribution is 2.62. The molecule has 0 spiro atoms. The van der Waals surface area contributed by atoms with Crippen LogP contribution in [0.2, 0.25) is 0 Å². The monoisotopic (exact) mass is 303 g/mol. The van der Waals surface area contributed by atoms with Crippen molar-refractivity contribution in [3.8, 4) is 0 Å². The maximum Gasteiger partial charge on any atom is 0.309 e. The molecule has 3 aliphatic carbocycles. The van der Waals surface area contributed by atoms with Crippen molar-refractivity contribution >= 4 is 11.7 Å². The second-order valence-electron chi connectivity index (χ2n) is 6.84. The van der Waals surface area contributed by atoms with Crippen LogP contribution in [0.25, 0.3) is 0 Å². The van der Waals surface area contributed by atoms with Crippen molar-refractivity contribution < 1.29 is 28.6 Å². The van der Waals surface area contributed by atoms with E-state index in [9.17, 15) is 23.8 Å². The molecule has 0 aromatic heterocycles. The molecule has 7 heteroatoms. The lowest BCUT2D eigenvalue weighted by molar-refractivity contribution is -0.286. The SMILES string of the molecule is CC(F)(F)C1=NOC(O)(C23CCC(C(=O)O)(CC2)CC3)C1. The number of alkyl halides is 2. The summed E-state index contributed by atoms with van der Waals surface area (Å²) in [4.78, 5) is 16.5. The molecule has 4 aliphatic rings. The first kappa shape index (κ1) is 14.7. The van der Waals surface area contributed by atoms with Crippen LogP contribution in [-0.2, 0) is 9.63 Å². The van der Waals surface area contributed by atoms with Crippen LogP contribution in [0.4, 0.5) is 8.78 Å². The van der Waals surface area contributed by atoms with Gasteiger partial charge in [-0.1, -0.05) is 5.16 Å². The topological polar surface area (TPSA) is 79.1 Å². The van der Waals surface area contributed by atoms with E-state index in [-0.39, 0.29) is 6.42 Å². The van der Waals surface area contributed by atoms with Gasteiger partial charge in [0, 0.05) is 12.3 Å². The zero-order valence-electron chi connectivity index (χ0n) is 11.9. The largest absolute Gasteiger partial charge is 0.481 e. The van der Waals surface area contributed by atoms with Crippen LogP contribution in [0.3, 0.4) is 0 Å². The molecule has 2 N–H and O–H groups in total. The van der Waals surface area contributed by atoms with Crippen LogP contribution in [0.1, 0.15) is 51.9 Å². The van der Waals surface area contributed by atoms with E-state index < -0.39 is 34.2 Å². The van der Waals surface area contributed by atoms with Crippen LogP contribution in [0.15, 0.2) is 5.16 Å². The number of carboxylic acids is 1. The van der Waals surface area contributed by atoms with Crippen molar-refractivity contribution in [2.24, 2.45) is 16.0 Å². The molecule has 5 nitrogen and oxygen atoms in total. The van der Waals surface area contributed by atoms with Crippen LogP contribution < -0.4 is 0 Å². The first-order valence-corrected chi connectivity index (χ1v) is 7.22. The maximum atomic E-state index is 13.3. The number of hydrogen-bond acceptors (Lipinski definition) is 4. The van der Waals surface area contributed by atoms with Gasteiger partial charge in [-0.3, -0.25) is 4.79 Å². The molecule has 0 radical (unpaired) electrons. The van der Waals surface area contributed by atoms with Crippen LogP contribution >= 0.6 is 0 Å². The number of rotatable bonds is 3. The molecular weight excluding hydrogens is 284 g/mol. The molecule has 1 unspecified atom stereocenters. The summed E-state index contributed by atoms with van der Waals surface area (Å²) in [7, 11) is 0. The standard InChI is InChI=1S/C14H19F2NO4/c1-11(15,16)9-8-14(20,21-17-9)13-5-2-12(3-6-13,4-7-13)10(18)19/h20H,2-8H2,1H3,(H,18,19). The molecule has 4 rings (SSSR count). The van der Waals surface area contributed by atoms with Crippen LogP contribution in [0.5, 0.6) is 0 Å². The molecule has 3 saturated carbocycles. The smallest absolute Gasteiger partial charge is 0.309 e. The van der Waals surface area contributed by atoms with Gasteiger partial charge in [0.15, 0.2) is 0 Å². The third-order valence-electron chi connectivity index (χ3n) is 5.75. The Morgan fingerprint density at radius 1 is 1.24 bits per heavy atom. The lowest BCUT2D eigenvalue weighted by Gasteiger charge is -2.55.